The van der Waals surface area contributed by atoms with Crippen LogP contribution >= 0.6 is 0 Å². The van der Waals surface area contributed by atoms with Gasteiger partial charge in [-0.15, -0.1) is 0 Å². The summed E-state index contributed by atoms with van der Waals surface area (Å²) >= 11 is 0. The zero-order chi connectivity index (χ0) is 11.5. The SMILES string of the molecule is CNC(C)c1nc(-c2ccc(F)cn2)no1. The van der Waals surface area contributed by atoms with Crippen LogP contribution in [0.1, 0.15) is 18.9 Å². The third-order valence-corrected chi connectivity index (χ3v) is 2.20. The maximum atomic E-state index is 12.7. The third kappa shape index (κ3) is 2.06. The number of halogens is 1. The van der Waals surface area contributed by atoms with Crippen LogP contribution in [0.25, 0.3) is 11.5 Å². The molecule has 1 atom stereocenters. The molecule has 0 bridgehead atoms. The molecule has 2 aromatic heterocycles. The molecule has 2 rings (SSSR count). The highest BCUT2D eigenvalue weighted by Gasteiger charge is 2.13. The van der Waals surface area contributed by atoms with E-state index in [4.69, 9.17) is 4.52 Å². The normalized spacial score (nSPS) is 12.7. The molecule has 1 N–H and O–H groups in total. The van der Waals surface area contributed by atoms with Crippen molar-refractivity contribution in [1.29, 1.82) is 0 Å². The van der Waals surface area contributed by atoms with Crippen molar-refractivity contribution in [3.63, 3.8) is 0 Å². The molecule has 0 radical (unpaired) electrons. The molecule has 0 aliphatic rings. The van der Waals surface area contributed by atoms with Gasteiger partial charge in [0.15, 0.2) is 0 Å². The van der Waals surface area contributed by atoms with E-state index < -0.39 is 5.82 Å². The fourth-order valence-electron chi connectivity index (χ4n) is 1.15. The molecule has 0 saturated carbocycles. The molecule has 16 heavy (non-hydrogen) atoms. The number of nitrogens with one attached hydrogen (secondary N) is 1. The molecule has 0 aromatic carbocycles. The quantitative estimate of drug-likeness (QED) is 0.853. The zero-order valence-corrected chi connectivity index (χ0v) is 8.94. The van der Waals surface area contributed by atoms with Crippen LogP contribution in [-0.4, -0.2) is 22.2 Å². The Labute approximate surface area is 91.7 Å². The van der Waals surface area contributed by atoms with Gasteiger partial charge in [0, 0.05) is 0 Å². The van der Waals surface area contributed by atoms with Gasteiger partial charge in [0.1, 0.15) is 11.5 Å². The first kappa shape index (κ1) is 10.7. The van der Waals surface area contributed by atoms with Gasteiger partial charge in [-0.3, -0.25) is 0 Å². The standard InChI is InChI=1S/C10H11FN4O/c1-6(12-2)10-14-9(15-16-10)8-4-3-7(11)5-13-8/h3-6,12H,1-2H3. The Bertz CT molecular complexity index is 468. The number of hydrogen-bond donors (Lipinski definition) is 1. The van der Waals surface area contributed by atoms with Gasteiger partial charge in [-0.05, 0) is 26.1 Å². The zero-order valence-electron chi connectivity index (χ0n) is 8.94. The third-order valence-electron chi connectivity index (χ3n) is 2.20. The Balaban J connectivity index is 2.28. The number of nitrogens with zero attached hydrogens (tertiary/aromatic N) is 3. The Morgan fingerprint density at radius 2 is 2.25 bits per heavy atom. The summed E-state index contributed by atoms with van der Waals surface area (Å²) in [6.07, 6.45) is 1.12. The first-order chi connectivity index (χ1) is 7.70. The summed E-state index contributed by atoms with van der Waals surface area (Å²) in [6.45, 7) is 1.90. The minimum absolute atomic E-state index is 0.0262. The summed E-state index contributed by atoms with van der Waals surface area (Å²) in [5, 5.41) is 6.75. The predicted molar refractivity (Wildman–Crippen MR) is 55.0 cm³/mol. The van der Waals surface area contributed by atoms with Crippen LogP contribution in [0, 0.1) is 5.82 Å². The lowest BCUT2D eigenvalue weighted by molar-refractivity contribution is 0.347. The fraction of sp³-hybridized carbons (Fsp3) is 0.300. The first-order valence-electron chi connectivity index (χ1n) is 4.83. The van der Waals surface area contributed by atoms with E-state index in [1.807, 2.05) is 6.92 Å². The Kier molecular flexibility index (Phi) is 2.91. The predicted octanol–water partition coefficient (Wildman–Crippen LogP) is 1.55. The molecule has 2 aromatic rings. The molecule has 6 heteroatoms. The topological polar surface area (TPSA) is 63.8 Å². The van der Waals surface area contributed by atoms with E-state index in [1.165, 1.54) is 12.1 Å². The molecule has 0 saturated heterocycles. The van der Waals surface area contributed by atoms with Crippen LogP contribution in [0.3, 0.4) is 0 Å². The fourth-order valence-corrected chi connectivity index (χ4v) is 1.15. The van der Waals surface area contributed by atoms with Gasteiger partial charge >= 0.3 is 0 Å². The van der Waals surface area contributed by atoms with Crippen LogP contribution in [0.4, 0.5) is 4.39 Å². The number of rotatable bonds is 3. The van der Waals surface area contributed by atoms with Crippen molar-refractivity contribution in [2.24, 2.45) is 0 Å². The number of hydrogen-bond acceptors (Lipinski definition) is 5. The van der Waals surface area contributed by atoms with Crippen LogP contribution in [-0.2, 0) is 0 Å². The average Bonchev–Trinajstić information content (AvgIpc) is 2.78. The number of aromatic nitrogens is 3. The smallest absolute Gasteiger partial charge is 0.243 e. The maximum Gasteiger partial charge on any atom is 0.243 e. The molecule has 84 valence electrons. The molecule has 1 unspecified atom stereocenters. The van der Waals surface area contributed by atoms with Gasteiger partial charge in [-0.1, -0.05) is 5.16 Å². The van der Waals surface area contributed by atoms with Crippen LogP contribution in [0.15, 0.2) is 22.9 Å². The summed E-state index contributed by atoms with van der Waals surface area (Å²) in [4.78, 5) is 8.02. The van der Waals surface area contributed by atoms with E-state index in [-0.39, 0.29) is 6.04 Å². The maximum absolute atomic E-state index is 12.7. The lowest BCUT2D eigenvalue weighted by Gasteiger charge is -2.01. The molecule has 0 aliphatic carbocycles. The molecular formula is C10H11FN4O. The molecule has 0 aliphatic heterocycles. The minimum atomic E-state index is -0.393. The average molecular weight is 222 g/mol. The van der Waals surface area contributed by atoms with Crippen molar-refractivity contribution in [1.82, 2.24) is 20.4 Å². The monoisotopic (exact) mass is 222 g/mol. The lowest BCUT2D eigenvalue weighted by atomic mass is 10.3. The lowest BCUT2D eigenvalue weighted by Crippen LogP contribution is -2.12. The number of pyridine rings is 1. The molecular weight excluding hydrogens is 211 g/mol. The van der Waals surface area contributed by atoms with Crippen molar-refractivity contribution < 1.29 is 8.91 Å². The highest BCUT2D eigenvalue weighted by atomic mass is 19.1. The summed E-state index contributed by atoms with van der Waals surface area (Å²) in [6, 6.07) is 2.79. The van der Waals surface area contributed by atoms with Gasteiger partial charge in [0.25, 0.3) is 0 Å². The van der Waals surface area contributed by atoms with Gasteiger partial charge in [0.05, 0.1) is 12.2 Å². The summed E-state index contributed by atoms with van der Waals surface area (Å²) < 4.78 is 17.7. The van der Waals surface area contributed by atoms with Crippen molar-refractivity contribution in [2.75, 3.05) is 7.05 Å². The van der Waals surface area contributed by atoms with E-state index >= 15 is 0 Å². The van der Waals surface area contributed by atoms with Crippen molar-refractivity contribution in [3.8, 4) is 11.5 Å². The highest BCUT2D eigenvalue weighted by Crippen LogP contribution is 2.16. The molecule has 0 amide bonds. The minimum Gasteiger partial charge on any atom is -0.337 e. The Morgan fingerprint density at radius 3 is 2.88 bits per heavy atom. The summed E-state index contributed by atoms with van der Waals surface area (Å²) in [5.74, 6) is 0.441. The van der Waals surface area contributed by atoms with Crippen LogP contribution in [0.5, 0.6) is 0 Å². The van der Waals surface area contributed by atoms with Crippen LogP contribution < -0.4 is 5.32 Å². The molecule has 0 fully saturated rings. The first-order valence-corrected chi connectivity index (χ1v) is 4.83. The van der Waals surface area contributed by atoms with E-state index in [1.54, 1.807) is 7.05 Å². The highest BCUT2D eigenvalue weighted by molar-refractivity contribution is 5.47. The Hall–Kier alpha value is -1.82. The van der Waals surface area contributed by atoms with Gasteiger partial charge in [0.2, 0.25) is 11.7 Å². The van der Waals surface area contributed by atoms with Gasteiger partial charge in [-0.2, -0.15) is 4.98 Å². The van der Waals surface area contributed by atoms with E-state index in [9.17, 15) is 4.39 Å². The second-order valence-electron chi connectivity index (χ2n) is 3.33. The molecule has 2 heterocycles. The van der Waals surface area contributed by atoms with Crippen LogP contribution in [0.2, 0.25) is 0 Å². The molecule has 0 spiro atoms. The summed E-state index contributed by atoms with van der Waals surface area (Å²) in [7, 11) is 1.80. The van der Waals surface area contributed by atoms with Gasteiger partial charge in [-0.25, -0.2) is 9.37 Å². The molecule has 5 nitrogen and oxygen atoms in total. The largest absolute Gasteiger partial charge is 0.337 e. The van der Waals surface area contributed by atoms with Gasteiger partial charge < -0.3 is 9.84 Å². The van der Waals surface area contributed by atoms with E-state index in [0.717, 1.165) is 6.20 Å². The van der Waals surface area contributed by atoms with Crippen molar-refractivity contribution in [3.05, 3.63) is 30.0 Å². The van der Waals surface area contributed by atoms with Crippen molar-refractivity contribution >= 4 is 0 Å². The van der Waals surface area contributed by atoms with Crippen molar-refractivity contribution in [2.45, 2.75) is 13.0 Å². The Morgan fingerprint density at radius 1 is 1.44 bits per heavy atom. The second-order valence-corrected chi connectivity index (χ2v) is 3.33. The van der Waals surface area contributed by atoms with E-state index in [0.29, 0.717) is 17.4 Å². The second kappa shape index (κ2) is 4.36. The van der Waals surface area contributed by atoms with E-state index in [2.05, 4.69) is 20.4 Å². The summed E-state index contributed by atoms with van der Waals surface area (Å²) in [5.41, 5.74) is 0.486.